The SMILES string of the molecule is CON(C)S(=O)(=O)c1ccc(C(=O)NCC2(c3ccc4c(c3)OCO4)CCOCC2)cc1. The first-order chi connectivity index (χ1) is 15.4. The number of carbonyl (C=O) groups excluding carboxylic acids is 1. The van der Waals surface area contributed by atoms with Crippen LogP contribution in [0.2, 0.25) is 0 Å². The monoisotopic (exact) mass is 462 g/mol. The molecule has 1 N–H and O–H groups in total. The second-order valence-corrected chi connectivity index (χ2v) is 9.70. The molecule has 0 spiro atoms. The fourth-order valence-electron chi connectivity index (χ4n) is 3.93. The normalized spacial score (nSPS) is 17.3. The van der Waals surface area contributed by atoms with E-state index in [2.05, 4.69) is 5.32 Å². The van der Waals surface area contributed by atoms with Crippen molar-refractivity contribution in [1.29, 1.82) is 0 Å². The molecule has 4 rings (SSSR count). The molecule has 2 heterocycles. The second kappa shape index (κ2) is 9.07. The topological polar surface area (TPSA) is 103 Å². The smallest absolute Gasteiger partial charge is 0.264 e. The molecule has 32 heavy (non-hydrogen) atoms. The molecule has 10 heteroatoms. The average molecular weight is 463 g/mol. The Balaban J connectivity index is 1.50. The summed E-state index contributed by atoms with van der Waals surface area (Å²) < 4.78 is 41.9. The molecule has 0 unspecified atom stereocenters. The lowest BCUT2D eigenvalue weighted by Gasteiger charge is -2.38. The number of fused-ring (bicyclic) bond motifs is 1. The van der Waals surface area contributed by atoms with Crippen LogP contribution in [-0.4, -0.2) is 59.5 Å². The molecular weight excluding hydrogens is 436 g/mol. The van der Waals surface area contributed by atoms with E-state index in [0.29, 0.717) is 36.8 Å². The molecule has 172 valence electrons. The average Bonchev–Trinajstić information content (AvgIpc) is 3.30. The number of benzene rings is 2. The number of hydrogen-bond acceptors (Lipinski definition) is 7. The molecule has 0 radical (unpaired) electrons. The van der Waals surface area contributed by atoms with Gasteiger partial charge in [-0.1, -0.05) is 10.5 Å². The number of amides is 1. The van der Waals surface area contributed by atoms with Crippen LogP contribution < -0.4 is 14.8 Å². The Labute approximate surface area is 187 Å². The van der Waals surface area contributed by atoms with Crippen molar-refractivity contribution < 1.29 is 32.3 Å². The minimum Gasteiger partial charge on any atom is -0.454 e. The highest BCUT2D eigenvalue weighted by Gasteiger charge is 2.36. The van der Waals surface area contributed by atoms with E-state index < -0.39 is 10.0 Å². The van der Waals surface area contributed by atoms with Gasteiger partial charge in [0.2, 0.25) is 6.79 Å². The molecule has 2 aliphatic rings. The maximum absolute atomic E-state index is 12.8. The van der Waals surface area contributed by atoms with E-state index in [1.165, 1.54) is 38.4 Å². The summed E-state index contributed by atoms with van der Waals surface area (Å²) in [5, 5.41) is 3.02. The van der Waals surface area contributed by atoms with E-state index in [1.54, 1.807) is 0 Å². The zero-order valence-corrected chi connectivity index (χ0v) is 18.8. The largest absolute Gasteiger partial charge is 0.454 e. The highest BCUT2D eigenvalue weighted by atomic mass is 32.2. The summed E-state index contributed by atoms with van der Waals surface area (Å²) in [6.07, 6.45) is 1.51. The highest BCUT2D eigenvalue weighted by Crippen LogP contribution is 2.40. The van der Waals surface area contributed by atoms with E-state index >= 15 is 0 Å². The lowest BCUT2D eigenvalue weighted by molar-refractivity contribution is -0.0258. The predicted octanol–water partition coefficient (Wildman–Crippen LogP) is 2.08. The van der Waals surface area contributed by atoms with E-state index in [9.17, 15) is 13.2 Å². The van der Waals surface area contributed by atoms with Crippen molar-refractivity contribution in [3.8, 4) is 11.5 Å². The van der Waals surface area contributed by atoms with Crippen LogP contribution in [0.25, 0.3) is 0 Å². The zero-order valence-electron chi connectivity index (χ0n) is 18.0. The Kier molecular flexibility index (Phi) is 6.38. The van der Waals surface area contributed by atoms with Crippen molar-refractivity contribution in [1.82, 2.24) is 9.79 Å². The number of nitrogens with one attached hydrogen (secondary N) is 1. The lowest BCUT2D eigenvalue weighted by atomic mass is 9.74. The summed E-state index contributed by atoms with van der Waals surface area (Å²) >= 11 is 0. The van der Waals surface area contributed by atoms with Crippen molar-refractivity contribution in [3.63, 3.8) is 0 Å². The number of hydroxylamine groups is 1. The molecule has 1 fully saturated rings. The summed E-state index contributed by atoms with van der Waals surface area (Å²) in [6.45, 7) is 1.83. The van der Waals surface area contributed by atoms with Crippen LogP contribution in [0.3, 0.4) is 0 Å². The zero-order chi connectivity index (χ0) is 22.8. The van der Waals surface area contributed by atoms with E-state index in [1.807, 2.05) is 18.2 Å². The Morgan fingerprint density at radius 1 is 1.09 bits per heavy atom. The third-order valence-electron chi connectivity index (χ3n) is 6.03. The number of sulfonamides is 1. The minimum absolute atomic E-state index is 0.0414. The van der Waals surface area contributed by atoms with Gasteiger partial charge >= 0.3 is 0 Å². The van der Waals surface area contributed by atoms with Gasteiger partial charge in [-0.15, -0.1) is 0 Å². The maximum Gasteiger partial charge on any atom is 0.264 e. The van der Waals surface area contributed by atoms with Gasteiger partial charge in [0.15, 0.2) is 11.5 Å². The second-order valence-electron chi connectivity index (χ2n) is 7.77. The van der Waals surface area contributed by atoms with Crippen LogP contribution in [-0.2, 0) is 25.0 Å². The minimum atomic E-state index is -3.77. The molecule has 2 aromatic rings. The van der Waals surface area contributed by atoms with Gasteiger partial charge in [0.1, 0.15) is 0 Å². The van der Waals surface area contributed by atoms with E-state index in [4.69, 9.17) is 19.0 Å². The fourth-order valence-corrected chi connectivity index (χ4v) is 4.91. The summed E-state index contributed by atoms with van der Waals surface area (Å²) in [5.74, 6) is 1.15. The van der Waals surface area contributed by atoms with Crippen molar-refractivity contribution in [2.24, 2.45) is 0 Å². The van der Waals surface area contributed by atoms with Crippen LogP contribution in [0.1, 0.15) is 28.8 Å². The molecule has 0 aliphatic carbocycles. The van der Waals surface area contributed by atoms with Gasteiger partial charge in [-0.3, -0.25) is 9.63 Å². The summed E-state index contributed by atoms with van der Waals surface area (Å²) in [6, 6.07) is 11.6. The van der Waals surface area contributed by atoms with Gasteiger partial charge in [-0.2, -0.15) is 0 Å². The van der Waals surface area contributed by atoms with Crippen molar-refractivity contribution in [2.45, 2.75) is 23.2 Å². The molecule has 0 atom stereocenters. The van der Waals surface area contributed by atoms with Gasteiger partial charge in [0.05, 0.1) is 12.0 Å². The van der Waals surface area contributed by atoms with Gasteiger partial charge in [0.25, 0.3) is 15.9 Å². The van der Waals surface area contributed by atoms with Gasteiger partial charge in [0, 0.05) is 37.8 Å². The Bertz CT molecular complexity index is 1080. The van der Waals surface area contributed by atoms with Gasteiger partial charge in [-0.25, -0.2) is 8.42 Å². The summed E-state index contributed by atoms with van der Waals surface area (Å²) in [5.41, 5.74) is 1.14. The van der Waals surface area contributed by atoms with Crippen molar-refractivity contribution in [2.75, 3.05) is 40.7 Å². The van der Waals surface area contributed by atoms with E-state index in [0.717, 1.165) is 22.9 Å². The molecule has 1 amide bonds. The highest BCUT2D eigenvalue weighted by molar-refractivity contribution is 7.89. The first-order valence-corrected chi connectivity index (χ1v) is 11.7. The first kappa shape index (κ1) is 22.5. The first-order valence-electron chi connectivity index (χ1n) is 10.2. The maximum atomic E-state index is 12.8. The molecule has 0 aromatic heterocycles. The number of ether oxygens (including phenoxy) is 3. The van der Waals surface area contributed by atoms with Gasteiger partial charge < -0.3 is 19.5 Å². The van der Waals surface area contributed by atoms with Crippen LogP contribution in [0, 0.1) is 0 Å². The van der Waals surface area contributed by atoms with E-state index in [-0.39, 0.29) is 23.0 Å². The van der Waals surface area contributed by atoms with Crippen molar-refractivity contribution >= 4 is 15.9 Å². The van der Waals surface area contributed by atoms with Crippen molar-refractivity contribution in [3.05, 3.63) is 53.6 Å². The summed E-state index contributed by atoms with van der Waals surface area (Å²) in [7, 11) is -1.19. The predicted molar refractivity (Wildman–Crippen MR) is 115 cm³/mol. The van der Waals surface area contributed by atoms with Crippen LogP contribution in [0.4, 0.5) is 0 Å². The third kappa shape index (κ3) is 4.31. The number of hydrogen-bond donors (Lipinski definition) is 1. The third-order valence-corrected chi connectivity index (χ3v) is 7.73. The quantitative estimate of drug-likeness (QED) is 0.629. The van der Waals surface area contributed by atoms with Crippen LogP contribution >= 0.6 is 0 Å². The summed E-state index contributed by atoms with van der Waals surface area (Å²) in [4.78, 5) is 17.6. The van der Waals surface area contributed by atoms with Crippen LogP contribution in [0.15, 0.2) is 47.4 Å². The molecule has 2 aliphatic heterocycles. The van der Waals surface area contributed by atoms with Crippen LogP contribution in [0.5, 0.6) is 11.5 Å². The fraction of sp³-hybridized carbons (Fsp3) is 0.409. The van der Waals surface area contributed by atoms with Gasteiger partial charge in [-0.05, 0) is 54.8 Å². The number of nitrogens with zero attached hydrogens (tertiary/aromatic N) is 1. The Hall–Kier alpha value is -2.66. The molecule has 9 nitrogen and oxygen atoms in total. The molecule has 2 aromatic carbocycles. The molecule has 1 saturated heterocycles. The Morgan fingerprint density at radius 2 is 1.78 bits per heavy atom. The Morgan fingerprint density at radius 3 is 2.47 bits per heavy atom. The standard InChI is InChI=1S/C22H26N2O7S/c1-24(28-2)32(26,27)18-6-3-16(4-7-18)21(25)23-14-22(9-11-29-12-10-22)17-5-8-19-20(13-17)31-15-30-19/h3-8,13H,9-12,14-15H2,1-2H3,(H,23,25). The molecular formula is C22H26N2O7S. The number of carbonyl (C=O) groups is 1. The molecule has 0 bridgehead atoms. The molecule has 0 saturated carbocycles. The lowest BCUT2D eigenvalue weighted by Crippen LogP contribution is -2.44. The number of rotatable bonds is 7.